The maximum atomic E-state index is 11.5. The zero-order chi connectivity index (χ0) is 14.7. The molecule has 0 atom stereocenters. The van der Waals surface area contributed by atoms with Crippen molar-refractivity contribution in [1.29, 1.82) is 21.0 Å². The summed E-state index contributed by atoms with van der Waals surface area (Å²) in [5.74, 6) is 0. The zero-order valence-corrected chi connectivity index (χ0v) is 10.5. The highest BCUT2D eigenvalue weighted by Gasteiger charge is 2.26. The molecule has 0 N–H and O–H groups in total. The molecule has 0 bridgehead atoms. The third-order valence-corrected chi connectivity index (χ3v) is 3.54. The topological polar surface area (TPSA) is 129 Å². The van der Waals surface area contributed by atoms with Crippen LogP contribution in [0.15, 0.2) is 35.2 Å². The summed E-state index contributed by atoms with van der Waals surface area (Å²) in [6.07, 6.45) is 0. The van der Waals surface area contributed by atoms with E-state index in [1.165, 1.54) is 24.3 Å². The number of hydrogen-bond donors (Lipinski definition) is 0. The van der Waals surface area contributed by atoms with Crippen LogP contribution in [-0.4, -0.2) is 13.7 Å². The molecule has 7 heteroatoms. The lowest BCUT2D eigenvalue weighted by molar-refractivity contribution is 0.595. The minimum Gasteiger partial charge on any atom is -0.221 e. The average molecular weight is 272 g/mol. The number of benzene rings is 1. The van der Waals surface area contributed by atoms with Crippen LogP contribution in [0.1, 0.15) is 6.42 Å². The molecule has 0 heterocycles. The van der Waals surface area contributed by atoms with Crippen molar-refractivity contribution in [2.45, 2.75) is 16.6 Å². The van der Waals surface area contributed by atoms with E-state index in [4.69, 9.17) is 21.0 Å². The number of nitriles is 4. The van der Waals surface area contributed by atoms with Crippen LogP contribution in [0, 0.1) is 45.3 Å². The summed E-state index contributed by atoms with van der Waals surface area (Å²) < 4.78 is 23.1. The highest BCUT2D eigenvalue weighted by atomic mass is 32.2. The Labute approximate surface area is 111 Å². The van der Waals surface area contributed by atoms with E-state index >= 15 is 0 Å². The molecule has 19 heavy (non-hydrogen) atoms. The second kappa shape index (κ2) is 8.25. The minimum absolute atomic E-state index is 0. The van der Waals surface area contributed by atoms with Gasteiger partial charge in [-0.05, 0) is 12.1 Å². The van der Waals surface area contributed by atoms with E-state index in [0.717, 1.165) is 0 Å². The molecule has 0 saturated carbocycles. The van der Waals surface area contributed by atoms with Crippen molar-refractivity contribution >= 4 is 9.84 Å². The predicted octanol–water partition coefficient (Wildman–Crippen LogP) is 1.30. The number of nitrogens with zero attached hydrogens (tertiary/aromatic N) is 4. The highest BCUT2D eigenvalue weighted by molar-refractivity contribution is 7.92. The van der Waals surface area contributed by atoms with E-state index in [-0.39, 0.29) is 11.3 Å². The Morgan fingerprint density at radius 1 is 0.947 bits per heavy atom. The van der Waals surface area contributed by atoms with Gasteiger partial charge in [-0.25, -0.2) is 8.42 Å². The third kappa shape index (κ3) is 4.88. The molecular weight excluding hydrogens is 264 g/mol. The molecule has 1 aromatic rings. The normalized spacial score (nSPS) is 8.89. The van der Waals surface area contributed by atoms with Gasteiger partial charge in [0.15, 0.2) is 0 Å². The first-order chi connectivity index (χ1) is 9.04. The van der Waals surface area contributed by atoms with Crippen LogP contribution in [0.5, 0.6) is 0 Å². The average Bonchev–Trinajstić information content (AvgIpc) is 2.42. The summed E-state index contributed by atoms with van der Waals surface area (Å²) in [4.78, 5) is -0.00639. The lowest BCUT2D eigenvalue weighted by Crippen LogP contribution is -2.17. The van der Waals surface area contributed by atoms with E-state index in [1.807, 2.05) is 0 Å². The molecule has 94 valence electrons. The largest absolute Gasteiger partial charge is 0.237 e. The molecule has 1 rings (SSSR count). The Morgan fingerprint density at radius 2 is 1.42 bits per heavy atom. The summed E-state index contributed by atoms with van der Waals surface area (Å²) >= 11 is 0. The summed E-state index contributed by atoms with van der Waals surface area (Å²) in [5, 5.41) is 30.5. The third-order valence-electron chi connectivity index (χ3n) is 1.77. The number of hydrogen-bond acceptors (Lipinski definition) is 6. The van der Waals surface area contributed by atoms with Gasteiger partial charge in [-0.2, -0.15) is 21.0 Å². The Balaban J connectivity index is 0.000000555. The van der Waals surface area contributed by atoms with Crippen LogP contribution in [0.25, 0.3) is 0 Å². The van der Waals surface area contributed by atoms with Crippen molar-refractivity contribution in [3.05, 3.63) is 30.3 Å². The fourth-order valence-corrected chi connectivity index (χ4v) is 2.04. The zero-order valence-electron chi connectivity index (χ0n) is 9.68. The van der Waals surface area contributed by atoms with E-state index in [2.05, 4.69) is 0 Å². The SMILES string of the molecule is N#CC(C#N)S(=O)(=O)c1ccccc1.N#CCC#N. The molecule has 0 aromatic heterocycles. The Morgan fingerprint density at radius 3 is 1.74 bits per heavy atom. The van der Waals surface area contributed by atoms with Gasteiger partial charge in [0.2, 0.25) is 15.1 Å². The Hall–Kier alpha value is -2.87. The maximum absolute atomic E-state index is 11.5. The summed E-state index contributed by atoms with van der Waals surface area (Å²) in [5.41, 5.74) is 0. The molecule has 6 nitrogen and oxygen atoms in total. The van der Waals surface area contributed by atoms with Gasteiger partial charge in [0, 0.05) is 0 Å². The predicted molar refractivity (Wildman–Crippen MR) is 64.5 cm³/mol. The number of rotatable bonds is 2. The molecule has 0 amide bonds. The lowest BCUT2D eigenvalue weighted by Gasteiger charge is -2.02. The number of sulfone groups is 1. The van der Waals surface area contributed by atoms with Crippen molar-refractivity contribution < 1.29 is 8.42 Å². The molecule has 0 fully saturated rings. The molecule has 0 aliphatic heterocycles. The van der Waals surface area contributed by atoms with E-state index in [1.54, 1.807) is 30.3 Å². The van der Waals surface area contributed by atoms with Crippen molar-refractivity contribution in [3.8, 4) is 24.3 Å². The fourth-order valence-electron chi connectivity index (χ4n) is 0.949. The highest BCUT2D eigenvalue weighted by Crippen LogP contribution is 2.14. The monoisotopic (exact) mass is 272 g/mol. The smallest absolute Gasteiger partial charge is 0.221 e. The molecule has 1 aromatic carbocycles. The summed E-state index contributed by atoms with van der Waals surface area (Å²) in [6.45, 7) is 0. The Kier molecular flexibility index (Phi) is 7.01. The van der Waals surface area contributed by atoms with Gasteiger partial charge in [-0.1, -0.05) is 18.2 Å². The van der Waals surface area contributed by atoms with Crippen LogP contribution in [0.2, 0.25) is 0 Å². The molecule has 0 saturated heterocycles. The van der Waals surface area contributed by atoms with Crippen LogP contribution in [0.3, 0.4) is 0 Å². The van der Waals surface area contributed by atoms with Gasteiger partial charge >= 0.3 is 0 Å². The summed E-state index contributed by atoms with van der Waals surface area (Å²) in [7, 11) is -3.82. The van der Waals surface area contributed by atoms with Crippen LogP contribution in [0.4, 0.5) is 0 Å². The summed E-state index contributed by atoms with van der Waals surface area (Å²) in [6, 6.07) is 13.7. The van der Waals surface area contributed by atoms with Gasteiger partial charge in [0.1, 0.15) is 6.42 Å². The van der Waals surface area contributed by atoms with E-state index in [0.29, 0.717) is 0 Å². The maximum Gasteiger partial charge on any atom is 0.237 e. The van der Waals surface area contributed by atoms with Crippen LogP contribution >= 0.6 is 0 Å². The molecule has 0 aliphatic carbocycles. The second-order valence-electron chi connectivity index (χ2n) is 2.99. The molecule has 0 radical (unpaired) electrons. The standard InChI is InChI=1S/C9H6N2O2S.C3H2N2/c10-6-9(7-11)14(12,13)8-4-2-1-3-5-8;4-2-1-3-5/h1-5,9H;1H2. The van der Waals surface area contributed by atoms with E-state index in [9.17, 15) is 8.42 Å². The lowest BCUT2D eigenvalue weighted by atomic mass is 10.4. The van der Waals surface area contributed by atoms with Crippen LogP contribution < -0.4 is 0 Å². The molecular formula is C12H8N4O2S. The van der Waals surface area contributed by atoms with Gasteiger partial charge in [0.05, 0.1) is 29.2 Å². The minimum atomic E-state index is -3.82. The van der Waals surface area contributed by atoms with Crippen LogP contribution in [-0.2, 0) is 9.84 Å². The van der Waals surface area contributed by atoms with Crippen molar-refractivity contribution in [2.24, 2.45) is 0 Å². The first-order valence-electron chi connectivity index (χ1n) is 4.86. The van der Waals surface area contributed by atoms with Crippen molar-refractivity contribution in [2.75, 3.05) is 0 Å². The quantitative estimate of drug-likeness (QED) is 0.797. The molecule has 0 aliphatic rings. The first-order valence-corrected chi connectivity index (χ1v) is 6.41. The Bertz CT molecular complexity index is 644. The molecule has 0 unspecified atom stereocenters. The van der Waals surface area contributed by atoms with Gasteiger partial charge in [-0.15, -0.1) is 0 Å². The molecule has 0 spiro atoms. The van der Waals surface area contributed by atoms with E-state index < -0.39 is 15.1 Å². The van der Waals surface area contributed by atoms with Crippen molar-refractivity contribution in [1.82, 2.24) is 0 Å². The van der Waals surface area contributed by atoms with Gasteiger partial charge < -0.3 is 0 Å². The second-order valence-corrected chi connectivity index (χ2v) is 5.02. The van der Waals surface area contributed by atoms with Crippen molar-refractivity contribution in [3.63, 3.8) is 0 Å². The van der Waals surface area contributed by atoms with Gasteiger partial charge in [0.25, 0.3) is 0 Å². The first kappa shape index (κ1) is 16.1. The van der Waals surface area contributed by atoms with Gasteiger partial charge in [-0.3, -0.25) is 0 Å². The fraction of sp³-hybridized carbons (Fsp3) is 0.167.